The normalized spacial score (nSPS) is 17.5. The number of nitrogens with one attached hydrogen (secondary N) is 4. The largest absolute Gasteiger partial charge is 0.488 e. The van der Waals surface area contributed by atoms with E-state index in [4.69, 9.17) is 0 Å². The standard InChI is InChI=1S/C46H66BFN9O14S/c1-33(46(67)57-16-6-12-39(57)47-68)51-44(65)36-9-4-8-35(27-36)29-50-45(66)38(52-40(59)14-13-34-7-5-10-37(28-34)71-72(48,69)70)11-2-3-15-49-41(60)30-54-19-17-53(25-26-58)18-20-55(31-42(61)62)23-24-56(22-21-54)32-43(63)64/h4-5,7-10,26-28,33,38-39,68H,2-3,6,11-25,29-32H2,1H3,(H,49,60)(H,50,66)(H,51,65)(H,52,59)(H,61,62)(H,63,64). The van der Waals surface area contributed by atoms with E-state index in [0.717, 1.165) is 20.2 Å². The Morgan fingerprint density at radius 3 is 2.01 bits per heavy atom. The summed E-state index contributed by atoms with van der Waals surface area (Å²) < 4.78 is 39.4. The van der Waals surface area contributed by atoms with Gasteiger partial charge in [-0.15, -0.1) is 0 Å². The molecule has 0 spiro atoms. The van der Waals surface area contributed by atoms with Gasteiger partial charge in [-0.25, -0.2) is 0 Å². The van der Waals surface area contributed by atoms with Gasteiger partial charge < -0.3 is 50.4 Å². The maximum absolute atomic E-state index is 13.7. The molecule has 2 saturated heterocycles. The van der Waals surface area contributed by atoms with Gasteiger partial charge in [0.15, 0.2) is 0 Å². The monoisotopic (exact) mass is 1030 g/mol. The summed E-state index contributed by atoms with van der Waals surface area (Å²) in [4.78, 5) is 110. The van der Waals surface area contributed by atoms with Crippen molar-refractivity contribution >= 4 is 65.7 Å². The fraction of sp³-hybridized carbons (Fsp3) is 0.565. The minimum Gasteiger partial charge on any atom is -0.480 e. The van der Waals surface area contributed by atoms with Crippen LogP contribution in [0.4, 0.5) is 3.89 Å². The minimum atomic E-state index is -5.28. The summed E-state index contributed by atoms with van der Waals surface area (Å²) in [5.74, 6) is -5.03. The number of hydrogen-bond acceptors (Lipinski definition) is 16. The zero-order valence-electron chi connectivity index (χ0n) is 40.4. The average molecular weight is 1030 g/mol. The number of likely N-dealkylation sites (tertiary alicyclic amines) is 1. The highest BCUT2D eigenvalue weighted by Gasteiger charge is 2.32. The molecule has 5 amide bonds. The van der Waals surface area contributed by atoms with Crippen LogP contribution in [0.2, 0.25) is 0 Å². The van der Waals surface area contributed by atoms with Crippen molar-refractivity contribution in [3.63, 3.8) is 0 Å². The summed E-state index contributed by atoms with van der Waals surface area (Å²) in [7, 11) is -4.30. The van der Waals surface area contributed by atoms with E-state index in [9.17, 15) is 65.9 Å². The van der Waals surface area contributed by atoms with Crippen LogP contribution >= 0.6 is 0 Å². The van der Waals surface area contributed by atoms with Gasteiger partial charge in [-0.05, 0) is 80.8 Å². The molecular weight excluding hydrogens is 964 g/mol. The maximum Gasteiger partial charge on any atom is 0.488 e. The summed E-state index contributed by atoms with van der Waals surface area (Å²) in [6.45, 7) is 4.34. The van der Waals surface area contributed by atoms with Crippen LogP contribution in [-0.2, 0) is 57.0 Å². The number of aryl methyl sites for hydroxylation is 1. The quantitative estimate of drug-likeness (QED) is 0.0246. The summed E-state index contributed by atoms with van der Waals surface area (Å²) in [5, 5.41) is 39.6. The number of benzene rings is 2. The molecule has 4 rings (SSSR count). The van der Waals surface area contributed by atoms with E-state index in [-0.39, 0.29) is 101 Å². The van der Waals surface area contributed by atoms with Crippen molar-refractivity contribution in [2.45, 2.75) is 76.4 Å². The smallest absolute Gasteiger partial charge is 0.480 e. The second-order valence-corrected chi connectivity index (χ2v) is 18.6. The molecule has 0 aromatic heterocycles. The number of hydrogen-bond donors (Lipinski definition) is 7. The molecule has 3 atom stereocenters. The van der Waals surface area contributed by atoms with Crippen LogP contribution in [0, 0.1) is 0 Å². The van der Waals surface area contributed by atoms with Crippen LogP contribution < -0.4 is 25.5 Å². The lowest BCUT2D eigenvalue weighted by molar-refractivity contribution is -0.140. The number of nitrogens with zero attached hydrogens (tertiary/aromatic N) is 5. The molecule has 0 bridgehead atoms. The second kappa shape index (κ2) is 30.1. The van der Waals surface area contributed by atoms with E-state index in [1.54, 1.807) is 47.1 Å². The van der Waals surface area contributed by atoms with Crippen molar-refractivity contribution in [2.75, 3.05) is 91.6 Å². The summed E-state index contributed by atoms with van der Waals surface area (Å²) in [6, 6.07) is 10.0. The Hall–Kier alpha value is -6.06. The number of aliphatic carboxylic acids is 2. The second-order valence-electron chi connectivity index (χ2n) is 17.7. The first-order valence-electron chi connectivity index (χ1n) is 23.8. The van der Waals surface area contributed by atoms with Crippen molar-refractivity contribution in [1.29, 1.82) is 0 Å². The van der Waals surface area contributed by atoms with Crippen molar-refractivity contribution < 1.29 is 70.1 Å². The molecule has 2 aromatic rings. The van der Waals surface area contributed by atoms with Crippen molar-refractivity contribution in [2.24, 2.45) is 0 Å². The summed E-state index contributed by atoms with van der Waals surface area (Å²) in [6.07, 6.45) is 2.95. The van der Waals surface area contributed by atoms with Gasteiger partial charge in [0.2, 0.25) is 23.6 Å². The third kappa shape index (κ3) is 21.7. The Bertz CT molecular complexity index is 2280. The molecular formula is C46H66BFN9O14S. The molecule has 0 saturated carbocycles. The van der Waals surface area contributed by atoms with E-state index in [2.05, 4.69) is 25.5 Å². The van der Waals surface area contributed by atoms with E-state index in [1.165, 1.54) is 23.1 Å². The zero-order chi connectivity index (χ0) is 52.6. The number of amides is 5. The molecule has 3 unspecified atom stereocenters. The first-order valence-corrected chi connectivity index (χ1v) is 25.1. The van der Waals surface area contributed by atoms with Gasteiger partial charge in [0.25, 0.3) is 5.91 Å². The highest BCUT2D eigenvalue weighted by molar-refractivity contribution is 7.81. The van der Waals surface area contributed by atoms with Gasteiger partial charge in [-0.3, -0.25) is 53.2 Å². The van der Waals surface area contributed by atoms with Crippen molar-refractivity contribution in [3.05, 3.63) is 65.2 Å². The molecule has 23 nitrogen and oxygen atoms in total. The lowest BCUT2D eigenvalue weighted by Crippen LogP contribution is -2.50. The van der Waals surface area contributed by atoms with Crippen LogP contribution in [0.1, 0.15) is 66.9 Å². The van der Waals surface area contributed by atoms with Crippen LogP contribution in [-0.4, -0.2) is 213 Å². The van der Waals surface area contributed by atoms with E-state index >= 15 is 0 Å². The number of carboxylic acid groups (broad SMARTS) is 2. The zero-order valence-corrected chi connectivity index (χ0v) is 41.2. The third-order valence-corrected chi connectivity index (χ3v) is 12.5. The van der Waals surface area contributed by atoms with Crippen LogP contribution in [0.3, 0.4) is 0 Å². The van der Waals surface area contributed by atoms with Gasteiger partial charge in [0, 0.05) is 89.9 Å². The maximum atomic E-state index is 13.7. The Balaban J connectivity index is 1.35. The molecule has 2 heterocycles. The topological polar surface area (TPSA) is 305 Å². The number of aldehydes is 1. The van der Waals surface area contributed by atoms with Gasteiger partial charge in [0.05, 0.1) is 26.2 Å². The third-order valence-electron chi connectivity index (χ3n) is 12.1. The fourth-order valence-electron chi connectivity index (χ4n) is 8.29. The Labute approximate surface area is 419 Å². The number of carboxylic acids is 2. The van der Waals surface area contributed by atoms with Gasteiger partial charge in [0.1, 0.15) is 24.1 Å². The Morgan fingerprint density at radius 2 is 1.40 bits per heavy atom. The van der Waals surface area contributed by atoms with Crippen LogP contribution in [0.5, 0.6) is 5.75 Å². The number of carbonyl (C=O) groups excluding carboxylic acids is 6. The number of unbranched alkanes of at least 4 members (excludes halogenated alkanes) is 1. The Morgan fingerprint density at radius 1 is 0.792 bits per heavy atom. The number of halogens is 1. The molecule has 26 heteroatoms. The predicted octanol–water partition coefficient (Wildman–Crippen LogP) is -1.43. The van der Waals surface area contributed by atoms with E-state index in [0.29, 0.717) is 69.7 Å². The highest BCUT2D eigenvalue weighted by Crippen LogP contribution is 2.19. The molecule has 2 fully saturated rings. The number of carbonyl (C=O) groups is 8. The van der Waals surface area contributed by atoms with Crippen LogP contribution in [0.15, 0.2) is 48.5 Å². The molecule has 1 radical (unpaired) electrons. The molecule has 0 aliphatic carbocycles. The van der Waals surface area contributed by atoms with E-state index < -0.39 is 58.2 Å². The lowest BCUT2D eigenvalue weighted by Gasteiger charge is -2.32. The SMILES string of the molecule is CC(NC(=O)c1cccc(CNC(=O)C(CCCCNC(=O)CN2CCN(CC=O)CCN(CC(=O)O)CCN(CC(=O)O)CC2)NC(=O)CCc2cccc(OS(=O)(=O)F)c2)c1)C(=O)N1CCCC1[B]O. The summed E-state index contributed by atoms with van der Waals surface area (Å²) >= 11 is 0. The predicted molar refractivity (Wildman–Crippen MR) is 259 cm³/mol. The average Bonchev–Trinajstić information content (AvgIpc) is 3.81. The molecule has 2 aliphatic rings. The first-order chi connectivity index (χ1) is 34.3. The molecule has 7 N–H and O–H groups in total. The van der Waals surface area contributed by atoms with Gasteiger partial charge in [-0.1, -0.05) is 28.2 Å². The first kappa shape index (κ1) is 58.5. The number of rotatable bonds is 26. The molecule has 2 aromatic carbocycles. The van der Waals surface area contributed by atoms with Crippen molar-refractivity contribution in [1.82, 2.24) is 45.8 Å². The van der Waals surface area contributed by atoms with Gasteiger partial charge in [-0.2, -0.15) is 8.42 Å². The fourth-order valence-corrected chi connectivity index (χ4v) is 8.62. The highest BCUT2D eigenvalue weighted by atomic mass is 32.3. The molecule has 72 heavy (non-hydrogen) atoms. The molecule has 2 aliphatic heterocycles. The van der Waals surface area contributed by atoms with Crippen molar-refractivity contribution in [3.8, 4) is 5.75 Å². The lowest BCUT2D eigenvalue weighted by atomic mass is 9.86. The van der Waals surface area contributed by atoms with Crippen LogP contribution in [0.25, 0.3) is 0 Å². The van der Waals surface area contributed by atoms with E-state index in [1.807, 2.05) is 9.80 Å². The Kier molecular flexibility index (Phi) is 24.5. The minimum absolute atomic E-state index is 0.0381. The molecule has 395 valence electrons. The summed E-state index contributed by atoms with van der Waals surface area (Å²) in [5.41, 5.74) is 1.23. The van der Waals surface area contributed by atoms with Gasteiger partial charge >= 0.3 is 29.9 Å².